The highest BCUT2D eigenvalue weighted by Gasteiger charge is 2.21. The van der Waals surface area contributed by atoms with Crippen molar-refractivity contribution in [1.29, 1.82) is 0 Å². The zero-order valence-corrected chi connectivity index (χ0v) is 12.5. The zero-order chi connectivity index (χ0) is 14.9. The van der Waals surface area contributed by atoms with Crippen LogP contribution in [0, 0.1) is 0 Å². The molecule has 0 heterocycles. The summed E-state index contributed by atoms with van der Waals surface area (Å²) in [6.45, 7) is 5.28. The number of carbonyl (C=O) groups is 2. The summed E-state index contributed by atoms with van der Waals surface area (Å²) in [5, 5.41) is 14.2. The molecule has 0 spiro atoms. The molecule has 0 atom stereocenters. The minimum Gasteiger partial charge on any atom is -0.481 e. The molecule has 0 aliphatic carbocycles. The molecule has 112 valence electrons. The van der Waals surface area contributed by atoms with E-state index < -0.39 is 11.5 Å². The van der Waals surface area contributed by atoms with E-state index in [1.165, 1.54) is 0 Å². The molecule has 0 radical (unpaired) electrons. The number of carbonyl (C=O) groups excluding carboxylic acids is 1. The van der Waals surface area contributed by atoms with Gasteiger partial charge in [-0.15, -0.1) is 0 Å². The van der Waals surface area contributed by atoms with Crippen LogP contribution in [0.2, 0.25) is 0 Å². The fourth-order valence-electron chi connectivity index (χ4n) is 1.59. The lowest BCUT2D eigenvalue weighted by Gasteiger charge is -2.25. The Morgan fingerprint density at radius 3 is 2.37 bits per heavy atom. The lowest BCUT2D eigenvalue weighted by Crippen LogP contribution is -2.48. The van der Waals surface area contributed by atoms with Crippen molar-refractivity contribution in [3.05, 3.63) is 0 Å². The Bertz CT molecular complexity index is 291. The van der Waals surface area contributed by atoms with E-state index in [0.29, 0.717) is 13.0 Å². The normalized spacial score (nSPS) is 11.4. The highest BCUT2D eigenvalue weighted by atomic mass is 16.4. The van der Waals surface area contributed by atoms with E-state index in [1.807, 2.05) is 27.9 Å². The maximum Gasteiger partial charge on any atom is 0.315 e. The van der Waals surface area contributed by atoms with Crippen molar-refractivity contribution in [2.75, 3.05) is 27.2 Å². The second-order valence-corrected chi connectivity index (χ2v) is 5.67. The summed E-state index contributed by atoms with van der Waals surface area (Å²) in [5.41, 5.74) is -0.508. The minimum absolute atomic E-state index is 0.0517. The molecule has 0 rings (SSSR count). The molecule has 6 heteroatoms. The molecular formula is C13H27N3O3. The second kappa shape index (κ2) is 8.74. The molecule has 0 aliphatic heterocycles. The molecule has 3 N–H and O–H groups in total. The summed E-state index contributed by atoms with van der Waals surface area (Å²) >= 11 is 0. The van der Waals surface area contributed by atoms with Crippen LogP contribution in [0.5, 0.6) is 0 Å². The summed E-state index contributed by atoms with van der Waals surface area (Å²) in [5.74, 6) is -0.848. The van der Waals surface area contributed by atoms with E-state index in [-0.39, 0.29) is 12.5 Å². The van der Waals surface area contributed by atoms with Crippen LogP contribution in [-0.4, -0.2) is 54.7 Å². The van der Waals surface area contributed by atoms with Gasteiger partial charge in [0.2, 0.25) is 0 Å². The van der Waals surface area contributed by atoms with Gasteiger partial charge in [0.1, 0.15) is 0 Å². The number of unbranched alkanes of at least 4 members (excludes halogenated alkanes) is 1. The average molecular weight is 273 g/mol. The maximum atomic E-state index is 11.6. The van der Waals surface area contributed by atoms with Crippen LogP contribution in [-0.2, 0) is 4.79 Å². The Morgan fingerprint density at radius 2 is 1.84 bits per heavy atom. The van der Waals surface area contributed by atoms with Crippen molar-refractivity contribution in [3.63, 3.8) is 0 Å². The average Bonchev–Trinajstić information content (AvgIpc) is 2.25. The van der Waals surface area contributed by atoms with Gasteiger partial charge in [0, 0.05) is 18.5 Å². The zero-order valence-electron chi connectivity index (χ0n) is 12.5. The fourth-order valence-corrected chi connectivity index (χ4v) is 1.59. The molecule has 0 aromatic heterocycles. The number of carboxylic acid groups (broad SMARTS) is 1. The first-order valence-electron chi connectivity index (χ1n) is 6.65. The van der Waals surface area contributed by atoms with E-state index in [1.54, 1.807) is 0 Å². The Morgan fingerprint density at radius 1 is 1.21 bits per heavy atom. The largest absolute Gasteiger partial charge is 0.481 e. The Labute approximate surface area is 115 Å². The third-order valence-corrected chi connectivity index (χ3v) is 2.73. The number of hydrogen-bond acceptors (Lipinski definition) is 3. The first-order chi connectivity index (χ1) is 8.73. The van der Waals surface area contributed by atoms with E-state index in [2.05, 4.69) is 15.5 Å². The molecule has 0 saturated heterocycles. The van der Waals surface area contributed by atoms with Gasteiger partial charge in [0.15, 0.2) is 0 Å². The predicted molar refractivity (Wildman–Crippen MR) is 75.3 cm³/mol. The first kappa shape index (κ1) is 17.7. The highest BCUT2D eigenvalue weighted by molar-refractivity contribution is 5.74. The molecule has 2 amide bonds. The fraction of sp³-hybridized carbons (Fsp3) is 0.846. The van der Waals surface area contributed by atoms with E-state index in [4.69, 9.17) is 5.11 Å². The van der Waals surface area contributed by atoms with E-state index >= 15 is 0 Å². The molecule has 0 aromatic carbocycles. The van der Waals surface area contributed by atoms with Gasteiger partial charge in [-0.3, -0.25) is 4.79 Å². The summed E-state index contributed by atoms with van der Waals surface area (Å²) < 4.78 is 0. The van der Waals surface area contributed by atoms with Crippen LogP contribution < -0.4 is 10.6 Å². The van der Waals surface area contributed by atoms with E-state index in [0.717, 1.165) is 19.4 Å². The quantitative estimate of drug-likeness (QED) is 0.553. The summed E-state index contributed by atoms with van der Waals surface area (Å²) in [7, 11) is 4.04. The number of nitrogens with zero attached hydrogens (tertiary/aromatic N) is 1. The van der Waals surface area contributed by atoms with Gasteiger partial charge in [0.25, 0.3) is 0 Å². The Balaban J connectivity index is 3.74. The van der Waals surface area contributed by atoms with Gasteiger partial charge in [-0.25, -0.2) is 4.79 Å². The topological polar surface area (TPSA) is 81.7 Å². The Hall–Kier alpha value is -1.30. The number of aliphatic carboxylic acids is 1. The first-order valence-corrected chi connectivity index (χ1v) is 6.65. The smallest absolute Gasteiger partial charge is 0.315 e. The summed E-state index contributed by atoms with van der Waals surface area (Å²) in [6, 6.07) is -0.236. The van der Waals surface area contributed by atoms with Crippen molar-refractivity contribution in [3.8, 4) is 0 Å². The van der Waals surface area contributed by atoms with Gasteiger partial charge in [0.05, 0.1) is 0 Å². The van der Waals surface area contributed by atoms with Crippen molar-refractivity contribution in [2.24, 2.45) is 0 Å². The number of amides is 2. The number of urea groups is 1. The lowest BCUT2D eigenvalue weighted by atomic mass is 9.99. The van der Waals surface area contributed by atoms with Crippen molar-refractivity contribution >= 4 is 12.0 Å². The van der Waals surface area contributed by atoms with Crippen LogP contribution in [0.3, 0.4) is 0 Å². The molecule has 0 aromatic rings. The third kappa shape index (κ3) is 11.5. The van der Waals surface area contributed by atoms with Gasteiger partial charge < -0.3 is 20.6 Å². The minimum atomic E-state index is -0.848. The number of rotatable bonds is 9. The SMILES string of the molecule is CN(C)CCCCNC(=O)NC(C)(C)CCC(=O)O. The van der Waals surface area contributed by atoms with Crippen molar-refractivity contribution < 1.29 is 14.7 Å². The molecule has 0 bridgehead atoms. The predicted octanol–water partition coefficient (Wildman–Crippen LogP) is 1.27. The van der Waals surface area contributed by atoms with Crippen molar-refractivity contribution in [2.45, 2.75) is 45.1 Å². The molecule has 0 fully saturated rings. The molecule has 6 nitrogen and oxygen atoms in total. The van der Waals surface area contributed by atoms with E-state index in [9.17, 15) is 9.59 Å². The molecule has 19 heavy (non-hydrogen) atoms. The van der Waals surface area contributed by atoms with Gasteiger partial charge in [-0.05, 0) is 53.8 Å². The molecule has 0 saturated carbocycles. The van der Waals surface area contributed by atoms with Gasteiger partial charge in [-0.2, -0.15) is 0 Å². The monoisotopic (exact) mass is 273 g/mol. The van der Waals surface area contributed by atoms with Crippen LogP contribution in [0.15, 0.2) is 0 Å². The van der Waals surface area contributed by atoms with Crippen molar-refractivity contribution in [1.82, 2.24) is 15.5 Å². The van der Waals surface area contributed by atoms with Crippen LogP contribution in [0.4, 0.5) is 4.79 Å². The lowest BCUT2D eigenvalue weighted by molar-refractivity contribution is -0.137. The molecule has 0 unspecified atom stereocenters. The van der Waals surface area contributed by atoms with Crippen LogP contribution >= 0.6 is 0 Å². The maximum absolute atomic E-state index is 11.6. The molecular weight excluding hydrogens is 246 g/mol. The molecule has 0 aliphatic rings. The summed E-state index contributed by atoms with van der Waals surface area (Å²) in [4.78, 5) is 24.2. The van der Waals surface area contributed by atoms with Gasteiger partial charge >= 0.3 is 12.0 Å². The number of hydrogen-bond donors (Lipinski definition) is 3. The number of nitrogens with one attached hydrogen (secondary N) is 2. The highest BCUT2D eigenvalue weighted by Crippen LogP contribution is 2.10. The van der Waals surface area contributed by atoms with Crippen LogP contribution in [0.1, 0.15) is 39.5 Å². The van der Waals surface area contributed by atoms with Gasteiger partial charge in [-0.1, -0.05) is 0 Å². The third-order valence-electron chi connectivity index (χ3n) is 2.73. The second-order valence-electron chi connectivity index (χ2n) is 5.67. The van der Waals surface area contributed by atoms with Crippen LogP contribution in [0.25, 0.3) is 0 Å². The Kier molecular flexibility index (Phi) is 8.14. The summed E-state index contributed by atoms with van der Waals surface area (Å²) in [6.07, 6.45) is 2.43. The number of carboxylic acids is 1. The standard InChI is InChI=1S/C13H27N3O3/c1-13(2,8-7-11(17)18)15-12(19)14-9-5-6-10-16(3)4/h5-10H2,1-4H3,(H,17,18)(H2,14,15,19).